The number of fused-ring (bicyclic) bond motifs is 1. The van der Waals surface area contributed by atoms with Crippen LogP contribution in [0, 0.1) is 0 Å². The minimum Gasteiger partial charge on any atom is -0.322 e. The van der Waals surface area contributed by atoms with Crippen molar-refractivity contribution in [2.75, 3.05) is 13.1 Å². The predicted octanol–water partition coefficient (Wildman–Crippen LogP) is 4.03. The molecule has 5 heteroatoms. The van der Waals surface area contributed by atoms with Gasteiger partial charge < -0.3 is 5.73 Å². The second kappa shape index (κ2) is 8.89. The van der Waals surface area contributed by atoms with Gasteiger partial charge in [0.05, 0.1) is 16.9 Å². The van der Waals surface area contributed by atoms with Crippen molar-refractivity contribution in [2.45, 2.75) is 51.2 Å². The maximum absolute atomic E-state index is 13.2. The van der Waals surface area contributed by atoms with Crippen molar-refractivity contribution in [3.05, 3.63) is 76.3 Å². The Morgan fingerprint density at radius 1 is 1.00 bits per heavy atom. The van der Waals surface area contributed by atoms with Crippen LogP contribution in [-0.4, -0.2) is 27.5 Å². The number of aromatic nitrogens is 2. The number of para-hydroxylation sites is 1. The van der Waals surface area contributed by atoms with E-state index in [0.717, 1.165) is 25.0 Å². The number of nitrogens with two attached hydrogens (primary N) is 1. The summed E-state index contributed by atoms with van der Waals surface area (Å²) in [6, 6.07) is 18.2. The molecule has 29 heavy (non-hydrogen) atoms. The second-order valence-electron chi connectivity index (χ2n) is 8.04. The molecule has 0 bridgehead atoms. The van der Waals surface area contributed by atoms with Crippen molar-refractivity contribution in [3.63, 3.8) is 0 Å². The lowest BCUT2D eigenvalue weighted by Gasteiger charge is -2.35. The molecule has 152 valence electrons. The quantitative estimate of drug-likeness (QED) is 0.690. The lowest BCUT2D eigenvalue weighted by Crippen LogP contribution is -2.36. The van der Waals surface area contributed by atoms with Crippen molar-refractivity contribution >= 4 is 10.9 Å². The standard InChI is InChI=1S/C24H30N4O/c1-18(25)23-26-21-13-7-6-12-20(21)24(29)28(23)17-14-22(19-10-4-2-5-11-19)27-15-8-3-9-16-27/h2,4-7,10-13,18,22H,3,8-9,14-17,25H2,1H3. The molecule has 2 atom stereocenters. The Bertz CT molecular complexity index is 1010. The molecule has 2 aromatic carbocycles. The van der Waals surface area contributed by atoms with Crippen molar-refractivity contribution < 1.29 is 0 Å². The Morgan fingerprint density at radius 2 is 1.69 bits per heavy atom. The highest BCUT2D eigenvalue weighted by Gasteiger charge is 2.23. The van der Waals surface area contributed by atoms with Gasteiger partial charge in [0.25, 0.3) is 5.56 Å². The predicted molar refractivity (Wildman–Crippen MR) is 118 cm³/mol. The maximum atomic E-state index is 13.2. The van der Waals surface area contributed by atoms with E-state index in [2.05, 4.69) is 35.2 Å². The zero-order valence-electron chi connectivity index (χ0n) is 17.1. The monoisotopic (exact) mass is 390 g/mol. The Labute approximate surface area is 172 Å². The van der Waals surface area contributed by atoms with Gasteiger partial charge in [-0.05, 0) is 57.0 Å². The van der Waals surface area contributed by atoms with E-state index in [0.29, 0.717) is 23.8 Å². The fourth-order valence-electron chi connectivity index (χ4n) is 4.47. The Hall–Kier alpha value is -2.50. The largest absolute Gasteiger partial charge is 0.322 e. The average Bonchev–Trinajstić information content (AvgIpc) is 2.76. The number of hydrogen-bond acceptors (Lipinski definition) is 4. The molecule has 3 aromatic rings. The first-order chi connectivity index (χ1) is 14.1. The van der Waals surface area contributed by atoms with Gasteiger partial charge in [0.15, 0.2) is 0 Å². The van der Waals surface area contributed by atoms with E-state index >= 15 is 0 Å². The van der Waals surface area contributed by atoms with E-state index in [-0.39, 0.29) is 11.6 Å². The number of piperidine rings is 1. The van der Waals surface area contributed by atoms with Crippen LogP contribution in [0.5, 0.6) is 0 Å². The zero-order chi connectivity index (χ0) is 20.2. The van der Waals surface area contributed by atoms with Crippen molar-refractivity contribution in [2.24, 2.45) is 5.73 Å². The number of likely N-dealkylation sites (tertiary alicyclic amines) is 1. The average molecular weight is 391 g/mol. The van der Waals surface area contributed by atoms with Crippen molar-refractivity contribution in [1.82, 2.24) is 14.5 Å². The third-order valence-electron chi connectivity index (χ3n) is 5.94. The van der Waals surface area contributed by atoms with Crippen molar-refractivity contribution in [1.29, 1.82) is 0 Å². The van der Waals surface area contributed by atoms with Crippen molar-refractivity contribution in [3.8, 4) is 0 Å². The highest BCUT2D eigenvalue weighted by molar-refractivity contribution is 5.77. The van der Waals surface area contributed by atoms with Gasteiger partial charge in [-0.2, -0.15) is 0 Å². The van der Waals surface area contributed by atoms with Gasteiger partial charge in [-0.15, -0.1) is 0 Å². The molecular weight excluding hydrogens is 360 g/mol. The number of benzene rings is 2. The molecular formula is C24H30N4O. The van der Waals surface area contributed by atoms with Gasteiger partial charge >= 0.3 is 0 Å². The van der Waals surface area contributed by atoms with Crippen LogP contribution in [0.2, 0.25) is 0 Å². The highest BCUT2D eigenvalue weighted by atomic mass is 16.1. The molecule has 1 aromatic heterocycles. The number of nitrogens with zero attached hydrogens (tertiary/aromatic N) is 3. The van der Waals surface area contributed by atoms with Gasteiger partial charge in [0.2, 0.25) is 0 Å². The first kappa shape index (κ1) is 19.8. The molecule has 1 fully saturated rings. The third kappa shape index (κ3) is 4.26. The van der Waals surface area contributed by atoms with Gasteiger partial charge in [0, 0.05) is 12.6 Å². The third-order valence-corrected chi connectivity index (χ3v) is 5.94. The Morgan fingerprint density at radius 3 is 2.41 bits per heavy atom. The van der Waals surface area contributed by atoms with Crippen LogP contribution in [0.4, 0.5) is 0 Å². The molecule has 0 spiro atoms. The molecule has 0 aliphatic carbocycles. The molecule has 1 saturated heterocycles. The van der Waals surface area contributed by atoms with E-state index in [1.54, 1.807) is 4.57 Å². The molecule has 0 amide bonds. The molecule has 1 aliphatic rings. The fraction of sp³-hybridized carbons (Fsp3) is 0.417. The molecule has 4 rings (SSSR count). The summed E-state index contributed by atoms with van der Waals surface area (Å²) in [7, 11) is 0. The van der Waals surface area contributed by atoms with Crippen LogP contribution in [0.15, 0.2) is 59.4 Å². The van der Waals surface area contributed by atoms with Gasteiger partial charge in [-0.1, -0.05) is 48.9 Å². The summed E-state index contributed by atoms with van der Waals surface area (Å²) in [5.74, 6) is 0.666. The second-order valence-corrected chi connectivity index (χ2v) is 8.04. The summed E-state index contributed by atoms with van der Waals surface area (Å²) in [6.45, 7) is 4.74. The smallest absolute Gasteiger partial charge is 0.261 e. The summed E-state index contributed by atoms with van der Waals surface area (Å²) in [6.07, 6.45) is 4.66. The molecule has 2 heterocycles. The van der Waals surface area contributed by atoms with Gasteiger partial charge in [0.1, 0.15) is 5.82 Å². The SMILES string of the molecule is CC(N)c1nc2ccccc2c(=O)n1CCC(c1ccccc1)N1CCCCC1. The lowest BCUT2D eigenvalue weighted by molar-refractivity contribution is 0.151. The fourth-order valence-corrected chi connectivity index (χ4v) is 4.47. The first-order valence-electron chi connectivity index (χ1n) is 10.7. The van der Waals surface area contributed by atoms with Crippen LogP contribution in [-0.2, 0) is 6.54 Å². The minimum absolute atomic E-state index is 0.00774. The van der Waals surface area contributed by atoms with Crippen LogP contribution < -0.4 is 11.3 Å². The van der Waals surface area contributed by atoms with Crippen LogP contribution in [0.3, 0.4) is 0 Å². The first-order valence-corrected chi connectivity index (χ1v) is 10.7. The Kier molecular flexibility index (Phi) is 6.07. The summed E-state index contributed by atoms with van der Waals surface area (Å²) in [5.41, 5.74) is 8.25. The van der Waals surface area contributed by atoms with Crippen LogP contribution >= 0.6 is 0 Å². The molecule has 2 unspecified atom stereocenters. The van der Waals surface area contributed by atoms with Crippen LogP contribution in [0.1, 0.15) is 56.1 Å². The van der Waals surface area contributed by atoms with E-state index in [4.69, 9.17) is 10.7 Å². The van der Waals surface area contributed by atoms with Gasteiger partial charge in [-0.3, -0.25) is 14.3 Å². The molecule has 2 N–H and O–H groups in total. The zero-order valence-corrected chi connectivity index (χ0v) is 17.1. The molecule has 1 aliphatic heterocycles. The topological polar surface area (TPSA) is 64.1 Å². The lowest BCUT2D eigenvalue weighted by atomic mass is 9.99. The van der Waals surface area contributed by atoms with Crippen LogP contribution in [0.25, 0.3) is 10.9 Å². The number of rotatable bonds is 6. The molecule has 0 saturated carbocycles. The number of hydrogen-bond donors (Lipinski definition) is 1. The van der Waals surface area contributed by atoms with Gasteiger partial charge in [-0.25, -0.2) is 4.98 Å². The minimum atomic E-state index is -0.294. The van der Waals surface area contributed by atoms with E-state index in [1.807, 2.05) is 31.2 Å². The summed E-state index contributed by atoms with van der Waals surface area (Å²) in [5, 5.41) is 0.658. The highest BCUT2D eigenvalue weighted by Crippen LogP contribution is 2.28. The Balaban J connectivity index is 1.68. The summed E-state index contributed by atoms with van der Waals surface area (Å²) >= 11 is 0. The summed E-state index contributed by atoms with van der Waals surface area (Å²) in [4.78, 5) is 20.5. The molecule has 0 radical (unpaired) electrons. The van der Waals surface area contributed by atoms with E-state index < -0.39 is 0 Å². The summed E-state index contributed by atoms with van der Waals surface area (Å²) < 4.78 is 1.80. The molecule has 5 nitrogen and oxygen atoms in total. The van der Waals surface area contributed by atoms with E-state index in [9.17, 15) is 4.79 Å². The normalized spacial score (nSPS) is 17.3. The van der Waals surface area contributed by atoms with E-state index in [1.165, 1.54) is 24.8 Å². The maximum Gasteiger partial charge on any atom is 0.261 e.